The summed E-state index contributed by atoms with van der Waals surface area (Å²) in [6, 6.07) is 7.89. The molecule has 0 spiro atoms. The zero-order chi connectivity index (χ0) is 24.1. The van der Waals surface area contributed by atoms with Gasteiger partial charge in [0, 0.05) is 33.6 Å². The fraction of sp³-hybridized carbons (Fsp3) is 0.333. The summed E-state index contributed by atoms with van der Waals surface area (Å²) in [6.45, 7) is 4.41. The number of fused-ring (bicyclic) bond motifs is 1. The van der Waals surface area contributed by atoms with E-state index in [4.69, 9.17) is 4.74 Å². The number of hydrogen-bond acceptors (Lipinski definition) is 7. The number of carbonyl (C=O) groups excluding carboxylic acids is 2. The molecule has 178 valence electrons. The van der Waals surface area contributed by atoms with Crippen LogP contribution in [0.5, 0.6) is 0 Å². The molecule has 4 rings (SSSR count). The number of amides is 1. The maximum absolute atomic E-state index is 12.7. The Morgan fingerprint density at radius 3 is 2.76 bits per heavy atom. The van der Waals surface area contributed by atoms with E-state index in [9.17, 15) is 9.59 Å². The van der Waals surface area contributed by atoms with E-state index < -0.39 is 0 Å². The molecule has 10 heteroatoms. The molecule has 1 aliphatic rings. The highest BCUT2D eigenvalue weighted by atomic mass is 79.9. The van der Waals surface area contributed by atoms with E-state index in [1.807, 2.05) is 28.8 Å². The normalized spacial score (nSPS) is 12.8. The van der Waals surface area contributed by atoms with Crippen molar-refractivity contribution in [3.05, 3.63) is 57.4 Å². The molecule has 7 nitrogen and oxygen atoms in total. The van der Waals surface area contributed by atoms with Crippen molar-refractivity contribution in [3.63, 3.8) is 0 Å². The van der Waals surface area contributed by atoms with Crippen molar-refractivity contribution in [1.29, 1.82) is 0 Å². The molecule has 1 aliphatic carbocycles. The first-order chi connectivity index (χ1) is 16.5. The number of ether oxygens (including phenoxy) is 1. The van der Waals surface area contributed by atoms with Crippen LogP contribution in [0.25, 0.3) is 11.4 Å². The van der Waals surface area contributed by atoms with Crippen LogP contribution < -0.4 is 5.32 Å². The monoisotopic (exact) mass is 560 g/mol. The van der Waals surface area contributed by atoms with Crippen LogP contribution in [0.15, 0.2) is 46.5 Å². The van der Waals surface area contributed by atoms with Crippen LogP contribution in [0.4, 0.5) is 5.00 Å². The molecule has 1 N–H and O–H groups in total. The van der Waals surface area contributed by atoms with Crippen LogP contribution in [0.2, 0.25) is 0 Å². The van der Waals surface area contributed by atoms with E-state index in [1.54, 1.807) is 6.08 Å². The van der Waals surface area contributed by atoms with Gasteiger partial charge in [-0.3, -0.25) is 9.36 Å². The molecular weight excluding hydrogens is 536 g/mol. The van der Waals surface area contributed by atoms with Gasteiger partial charge in [0.15, 0.2) is 11.0 Å². The first kappa shape index (κ1) is 24.7. The smallest absolute Gasteiger partial charge is 0.341 e. The Hall–Kier alpha value is -2.43. The van der Waals surface area contributed by atoms with Crippen molar-refractivity contribution in [2.75, 3.05) is 18.2 Å². The van der Waals surface area contributed by atoms with E-state index in [1.165, 1.54) is 35.1 Å². The minimum atomic E-state index is -0.387. The van der Waals surface area contributed by atoms with Crippen molar-refractivity contribution in [2.45, 2.75) is 43.8 Å². The van der Waals surface area contributed by atoms with Gasteiger partial charge in [-0.2, -0.15) is 0 Å². The van der Waals surface area contributed by atoms with Gasteiger partial charge in [0.25, 0.3) is 0 Å². The number of carbonyl (C=O) groups is 2. The second-order valence-electron chi connectivity index (χ2n) is 7.77. The maximum Gasteiger partial charge on any atom is 0.341 e. The van der Waals surface area contributed by atoms with Crippen LogP contribution >= 0.6 is 39.0 Å². The molecule has 3 aromatic rings. The predicted molar refractivity (Wildman–Crippen MR) is 140 cm³/mol. The third-order valence-corrected chi connectivity index (χ3v) is 8.21. The number of aryl methyl sites for hydroxylation is 1. The number of anilines is 1. The van der Waals surface area contributed by atoms with E-state index in [0.29, 0.717) is 22.9 Å². The molecule has 0 fully saturated rings. The number of thiophene rings is 1. The lowest BCUT2D eigenvalue weighted by atomic mass is 9.95. The molecule has 0 radical (unpaired) electrons. The lowest BCUT2D eigenvalue weighted by molar-refractivity contribution is -0.115. The van der Waals surface area contributed by atoms with Gasteiger partial charge in [0.2, 0.25) is 5.91 Å². The van der Waals surface area contributed by atoms with Crippen LogP contribution in [-0.4, -0.2) is 39.5 Å². The topological polar surface area (TPSA) is 86.1 Å². The van der Waals surface area contributed by atoms with Gasteiger partial charge in [-0.25, -0.2) is 4.79 Å². The summed E-state index contributed by atoms with van der Waals surface area (Å²) in [6.07, 6.45) is 6.02. The van der Waals surface area contributed by atoms with Gasteiger partial charge in [-0.05, 0) is 43.4 Å². The van der Waals surface area contributed by atoms with Gasteiger partial charge >= 0.3 is 5.97 Å². The number of aromatic nitrogens is 3. The number of hydrogen-bond donors (Lipinski definition) is 1. The highest BCUT2D eigenvalue weighted by Crippen LogP contribution is 2.38. The number of nitrogens with one attached hydrogen (secondary N) is 1. The average Bonchev–Trinajstić information content (AvgIpc) is 3.40. The summed E-state index contributed by atoms with van der Waals surface area (Å²) in [5, 5.41) is 13.0. The molecule has 34 heavy (non-hydrogen) atoms. The number of nitrogens with zero attached hydrogens (tertiary/aromatic N) is 3. The fourth-order valence-electron chi connectivity index (χ4n) is 3.90. The number of rotatable bonds is 9. The molecule has 0 atom stereocenters. The second kappa shape index (κ2) is 11.3. The molecule has 2 heterocycles. The van der Waals surface area contributed by atoms with E-state index in [-0.39, 0.29) is 18.3 Å². The van der Waals surface area contributed by atoms with Gasteiger partial charge < -0.3 is 10.1 Å². The van der Waals surface area contributed by atoms with Gasteiger partial charge in [-0.1, -0.05) is 45.9 Å². The summed E-state index contributed by atoms with van der Waals surface area (Å²) in [5.74, 6) is 0.757. The van der Waals surface area contributed by atoms with Crippen molar-refractivity contribution in [3.8, 4) is 11.4 Å². The van der Waals surface area contributed by atoms with E-state index in [0.717, 1.165) is 52.3 Å². The number of methoxy groups -OCH3 is 1. The molecule has 0 saturated carbocycles. The largest absolute Gasteiger partial charge is 0.465 e. The Morgan fingerprint density at radius 1 is 1.26 bits per heavy atom. The zero-order valence-electron chi connectivity index (χ0n) is 18.8. The Balaban J connectivity index is 1.42. The first-order valence-electron chi connectivity index (χ1n) is 11.0. The highest BCUT2D eigenvalue weighted by Gasteiger charge is 2.27. The highest BCUT2D eigenvalue weighted by molar-refractivity contribution is 9.10. The predicted octanol–water partition coefficient (Wildman–Crippen LogP) is 5.74. The lowest BCUT2D eigenvalue weighted by Gasteiger charge is -2.11. The van der Waals surface area contributed by atoms with Crippen LogP contribution in [0, 0.1) is 0 Å². The Morgan fingerprint density at radius 2 is 2.03 bits per heavy atom. The van der Waals surface area contributed by atoms with Gasteiger partial charge in [-0.15, -0.1) is 28.1 Å². The molecule has 0 saturated heterocycles. The number of benzene rings is 1. The molecule has 0 unspecified atom stereocenters. The molecule has 1 amide bonds. The Labute approximate surface area is 215 Å². The van der Waals surface area contributed by atoms with Crippen LogP contribution in [0.1, 0.15) is 40.1 Å². The quantitative estimate of drug-likeness (QED) is 0.204. The minimum Gasteiger partial charge on any atom is -0.465 e. The fourth-order valence-corrected chi connectivity index (χ4v) is 6.34. The van der Waals surface area contributed by atoms with Crippen LogP contribution in [-0.2, 0) is 28.9 Å². The molecule has 1 aromatic carbocycles. The summed E-state index contributed by atoms with van der Waals surface area (Å²) in [4.78, 5) is 26.3. The number of esters is 1. The van der Waals surface area contributed by atoms with Gasteiger partial charge in [0.1, 0.15) is 5.00 Å². The number of thioether (sulfide) groups is 1. The molecular formula is C24H25BrN4O3S2. The third kappa shape index (κ3) is 5.45. The van der Waals surface area contributed by atoms with Crippen molar-refractivity contribution in [1.82, 2.24) is 14.8 Å². The summed E-state index contributed by atoms with van der Waals surface area (Å²) in [7, 11) is 1.37. The Bertz CT molecular complexity index is 1200. The molecule has 2 aromatic heterocycles. The summed E-state index contributed by atoms with van der Waals surface area (Å²) in [5.41, 5.74) is 2.51. The third-order valence-electron chi connectivity index (χ3n) is 5.50. The number of allylic oxidation sites excluding steroid dienone is 1. The Kier molecular flexibility index (Phi) is 8.23. The van der Waals surface area contributed by atoms with Gasteiger partial charge in [0.05, 0.1) is 12.7 Å². The standard InChI is InChI=1S/C24H25BrN4O3S2/c1-3-13-29-21(15-8-10-16(25)11-9-15)27-28-24(29)33-14-12-19(30)26-22-20(23(31)32-2)17-6-4-5-7-18(17)34-22/h3,8-11H,1,4-7,12-14H2,2H3,(H,26,30). The van der Waals surface area contributed by atoms with Crippen molar-refractivity contribution < 1.29 is 14.3 Å². The average molecular weight is 562 g/mol. The summed E-state index contributed by atoms with van der Waals surface area (Å²) >= 11 is 6.42. The summed E-state index contributed by atoms with van der Waals surface area (Å²) < 4.78 is 7.97. The SMILES string of the molecule is C=CCn1c(SCCC(=O)Nc2sc3c(c2C(=O)OC)CCCC3)nnc1-c1ccc(Br)cc1. The maximum atomic E-state index is 12.7. The van der Waals surface area contributed by atoms with Crippen molar-refractivity contribution >= 4 is 55.9 Å². The van der Waals surface area contributed by atoms with E-state index >= 15 is 0 Å². The zero-order valence-corrected chi connectivity index (χ0v) is 22.0. The minimum absolute atomic E-state index is 0.140. The second-order valence-corrected chi connectivity index (χ2v) is 10.8. The molecule has 0 aliphatic heterocycles. The van der Waals surface area contributed by atoms with Crippen LogP contribution in [0.3, 0.4) is 0 Å². The molecule has 0 bridgehead atoms. The van der Waals surface area contributed by atoms with E-state index in [2.05, 4.69) is 38.0 Å². The van der Waals surface area contributed by atoms with Crippen molar-refractivity contribution in [2.24, 2.45) is 0 Å². The lowest BCUT2D eigenvalue weighted by Crippen LogP contribution is -2.15. The first-order valence-corrected chi connectivity index (χ1v) is 13.6. The number of halogens is 1.